The zero-order valence-electron chi connectivity index (χ0n) is 14.2. The van der Waals surface area contributed by atoms with Gasteiger partial charge >= 0.3 is 0 Å². The Labute approximate surface area is 148 Å². The Morgan fingerprint density at radius 2 is 1.64 bits per heavy atom. The van der Waals surface area contributed by atoms with Crippen molar-refractivity contribution >= 4 is 15.7 Å². The fraction of sp³-hybridized carbons (Fsp3) is 0.333. The summed E-state index contributed by atoms with van der Waals surface area (Å²) >= 11 is 0. The van der Waals surface area contributed by atoms with Crippen molar-refractivity contribution in [3.05, 3.63) is 60.2 Å². The first-order valence-corrected chi connectivity index (χ1v) is 9.58. The summed E-state index contributed by atoms with van der Waals surface area (Å²) in [6, 6.07) is 16.6. The number of ether oxygens (including phenoxy) is 3. The maximum Gasteiger partial charge on any atom is 0.234 e. The van der Waals surface area contributed by atoms with Crippen LogP contribution in [0, 0.1) is 0 Å². The summed E-state index contributed by atoms with van der Waals surface area (Å²) in [6.45, 7) is 1.40. The molecule has 0 spiro atoms. The first-order chi connectivity index (χ1) is 12.1. The van der Waals surface area contributed by atoms with E-state index in [9.17, 15) is 8.42 Å². The number of sulfonamides is 1. The standard InChI is InChI=1S/C18H23NO5S/c1-22-11-12-23-13-14-25(20,21)19-17-7-9-18(10-8-17)24-15-16-5-3-2-4-6-16/h2-10,19H,11-15H2,1H3. The van der Waals surface area contributed by atoms with Gasteiger partial charge in [0, 0.05) is 12.8 Å². The fourth-order valence-electron chi connectivity index (χ4n) is 2.00. The lowest BCUT2D eigenvalue weighted by atomic mass is 10.2. The van der Waals surface area contributed by atoms with E-state index in [-0.39, 0.29) is 12.4 Å². The minimum atomic E-state index is -3.45. The van der Waals surface area contributed by atoms with Gasteiger partial charge in [-0.1, -0.05) is 30.3 Å². The Bertz CT molecular complexity index is 717. The molecule has 0 saturated heterocycles. The summed E-state index contributed by atoms with van der Waals surface area (Å²) in [4.78, 5) is 0. The monoisotopic (exact) mass is 365 g/mol. The Hall–Kier alpha value is -2.09. The molecule has 6 nitrogen and oxygen atoms in total. The number of nitrogens with one attached hydrogen (secondary N) is 1. The van der Waals surface area contributed by atoms with Crippen molar-refractivity contribution in [3.8, 4) is 5.75 Å². The van der Waals surface area contributed by atoms with Gasteiger partial charge in [0.15, 0.2) is 0 Å². The van der Waals surface area contributed by atoms with E-state index >= 15 is 0 Å². The number of anilines is 1. The van der Waals surface area contributed by atoms with Crippen molar-refractivity contribution in [2.75, 3.05) is 37.4 Å². The molecule has 0 heterocycles. The molecule has 2 aromatic carbocycles. The topological polar surface area (TPSA) is 73.9 Å². The van der Waals surface area contributed by atoms with Gasteiger partial charge in [0.05, 0.1) is 25.6 Å². The molecule has 0 aliphatic heterocycles. The third-order valence-electron chi connectivity index (χ3n) is 3.30. The smallest absolute Gasteiger partial charge is 0.234 e. The zero-order chi connectivity index (χ0) is 18.0. The van der Waals surface area contributed by atoms with Crippen LogP contribution >= 0.6 is 0 Å². The average Bonchev–Trinajstić information content (AvgIpc) is 2.61. The Balaban J connectivity index is 1.79. The normalized spacial score (nSPS) is 11.2. The van der Waals surface area contributed by atoms with E-state index in [0.29, 0.717) is 31.3 Å². The quantitative estimate of drug-likeness (QED) is 0.620. The third-order valence-corrected chi connectivity index (χ3v) is 4.56. The predicted molar refractivity (Wildman–Crippen MR) is 97.3 cm³/mol. The fourth-order valence-corrected chi connectivity index (χ4v) is 2.94. The van der Waals surface area contributed by atoms with Gasteiger partial charge in [0.25, 0.3) is 0 Å². The summed E-state index contributed by atoms with van der Waals surface area (Å²) in [5.74, 6) is 0.567. The predicted octanol–water partition coefficient (Wildman–Crippen LogP) is 2.67. The van der Waals surface area contributed by atoms with Crippen molar-refractivity contribution in [1.82, 2.24) is 0 Å². The van der Waals surface area contributed by atoms with Gasteiger partial charge in [0.1, 0.15) is 12.4 Å². The van der Waals surface area contributed by atoms with Crippen LogP contribution in [0.1, 0.15) is 5.56 Å². The van der Waals surface area contributed by atoms with E-state index in [1.165, 1.54) is 0 Å². The molecule has 0 aromatic heterocycles. The van der Waals surface area contributed by atoms with Gasteiger partial charge in [-0.3, -0.25) is 4.72 Å². The first kappa shape index (κ1) is 19.2. The molecule has 2 aromatic rings. The zero-order valence-corrected chi connectivity index (χ0v) is 15.0. The van der Waals surface area contributed by atoms with E-state index < -0.39 is 10.0 Å². The van der Waals surface area contributed by atoms with Gasteiger partial charge in [-0.25, -0.2) is 8.42 Å². The highest BCUT2D eigenvalue weighted by atomic mass is 32.2. The van der Waals surface area contributed by atoms with Crippen molar-refractivity contribution in [3.63, 3.8) is 0 Å². The molecule has 0 fully saturated rings. The average molecular weight is 365 g/mol. The summed E-state index contributed by atoms with van der Waals surface area (Å²) in [5, 5.41) is 0. The van der Waals surface area contributed by atoms with Crippen LogP contribution in [-0.4, -0.2) is 41.1 Å². The molecule has 0 aliphatic rings. The minimum Gasteiger partial charge on any atom is -0.489 e. The summed E-state index contributed by atoms with van der Waals surface area (Å²) in [7, 11) is -1.88. The molecule has 136 valence electrons. The van der Waals surface area contributed by atoms with Gasteiger partial charge in [-0.05, 0) is 29.8 Å². The lowest BCUT2D eigenvalue weighted by Gasteiger charge is -2.10. The van der Waals surface area contributed by atoms with Crippen LogP contribution in [0.5, 0.6) is 5.75 Å². The molecule has 0 saturated carbocycles. The second-order valence-electron chi connectivity index (χ2n) is 5.32. The highest BCUT2D eigenvalue weighted by Crippen LogP contribution is 2.18. The molecular formula is C18H23NO5S. The maximum absolute atomic E-state index is 12.0. The van der Waals surface area contributed by atoms with Gasteiger partial charge in [0.2, 0.25) is 10.0 Å². The Morgan fingerprint density at radius 3 is 2.32 bits per heavy atom. The summed E-state index contributed by atoms with van der Waals surface area (Å²) in [6.07, 6.45) is 0. The van der Waals surface area contributed by atoms with Crippen LogP contribution in [0.15, 0.2) is 54.6 Å². The number of hydrogen-bond acceptors (Lipinski definition) is 5. The van der Waals surface area contributed by atoms with E-state index in [2.05, 4.69) is 4.72 Å². The molecule has 0 aliphatic carbocycles. The van der Waals surface area contributed by atoms with E-state index in [1.807, 2.05) is 30.3 Å². The number of benzene rings is 2. The highest BCUT2D eigenvalue weighted by Gasteiger charge is 2.10. The van der Waals surface area contributed by atoms with Crippen LogP contribution in [-0.2, 0) is 26.1 Å². The Kier molecular flexibility index (Phi) is 7.72. The second-order valence-corrected chi connectivity index (χ2v) is 7.17. The molecule has 25 heavy (non-hydrogen) atoms. The summed E-state index contributed by atoms with van der Waals surface area (Å²) < 4.78 is 42.1. The van der Waals surface area contributed by atoms with E-state index in [4.69, 9.17) is 14.2 Å². The van der Waals surface area contributed by atoms with Crippen LogP contribution in [0.2, 0.25) is 0 Å². The maximum atomic E-state index is 12.0. The van der Waals surface area contributed by atoms with E-state index in [0.717, 1.165) is 5.56 Å². The van der Waals surface area contributed by atoms with Gasteiger partial charge in [-0.2, -0.15) is 0 Å². The lowest BCUT2D eigenvalue weighted by Crippen LogP contribution is -2.20. The van der Waals surface area contributed by atoms with Gasteiger partial charge < -0.3 is 14.2 Å². The number of rotatable bonds is 11. The van der Waals surface area contributed by atoms with Crippen LogP contribution in [0.3, 0.4) is 0 Å². The van der Waals surface area contributed by atoms with Gasteiger partial charge in [-0.15, -0.1) is 0 Å². The highest BCUT2D eigenvalue weighted by molar-refractivity contribution is 7.92. The molecule has 2 rings (SSSR count). The second kappa shape index (κ2) is 10.0. The van der Waals surface area contributed by atoms with Crippen LogP contribution < -0.4 is 9.46 Å². The Morgan fingerprint density at radius 1 is 0.920 bits per heavy atom. The number of methoxy groups -OCH3 is 1. The first-order valence-electron chi connectivity index (χ1n) is 7.93. The third kappa shape index (κ3) is 7.55. The van der Waals surface area contributed by atoms with Crippen molar-refractivity contribution in [2.24, 2.45) is 0 Å². The summed E-state index contributed by atoms with van der Waals surface area (Å²) in [5.41, 5.74) is 1.56. The molecule has 0 unspecified atom stereocenters. The van der Waals surface area contributed by atoms with Crippen molar-refractivity contribution in [1.29, 1.82) is 0 Å². The molecule has 7 heteroatoms. The molecule has 0 atom stereocenters. The lowest BCUT2D eigenvalue weighted by molar-refractivity contribution is 0.0785. The number of hydrogen-bond donors (Lipinski definition) is 1. The van der Waals surface area contributed by atoms with Crippen LogP contribution in [0.25, 0.3) is 0 Å². The van der Waals surface area contributed by atoms with Crippen molar-refractivity contribution < 1.29 is 22.6 Å². The van der Waals surface area contributed by atoms with Crippen molar-refractivity contribution in [2.45, 2.75) is 6.61 Å². The molecule has 1 N–H and O–H groups in total. The van der Waals surface area contributed by atoms with Crippen LogP contribution in [0.4, 0.5) is 5.69 Å². The minimum absolute atomic E-state index is 0.108. The SMILES string of the molecule is COCCOCCS(=O)(=O)Nc1ccc(OCc2ccccc2)cc1. The molecule has 0 bridgehead atoms. The van der Waals surface area contributed by atoms with E-state index in [1.54, 1.807) is 31.4 Å². The molecular weight excluding hydrogens is 342 g/mol. The largest absolute Gasteiger partial charge is 0.489 e. The molecule has 0 radical (unpaired) electrons. The molecule has 0 amide bonds.